The van der Waals surface area contributed by atoms with E-state index in [0.29, 0.717) is 11.8 Å². The Hall–Kier alpha value is -1.30. The maximum atomic E-state index is 12.9. The first-order chi connectivity index (χ1) is 15.0. The number of nitrogens with zero attached hydrogens (tertiary/aromatic N) is 2. The molecule has 5 nitrogen and oxygen atoms in total. The fourth-order valence-electron chi connectivity index (χ4n) is 7.31. The third-order valence-electron chi connectivity index (χ3n) is 9.08. The normalized spacial score (nSPS) is 42.3. The van der Waals surface area contributed by atoms with Crippen molar-refractivity contribution < 1.29 is 14.3 Å². The van der Waals surface area contributed by atoms with Crippen LogP contribution in [0.5, 0.6) is 0 Å². The maximum absolute atomic E-state index is 12.9. The zero-order valence-electron chi connectivity index (χ0n) is 18.4. The van der Waals surface area contributed by atoms with Gasteiger partial charge >= 0.3 is 5.97 Å². The first-order valence-corrected chi connectivity index (χ1v) is 12.4. The number of halogens is 1. The van der Waals surface area contributed by atoms with Crippen LogP contribution in [0.3, 0.4) is 0 Å². The minimum Gasteiger partial charge on any atom is -0.462 e. The van der Waals surface area contributed by atoms with E-state index in [2.05, 4.69) is 22.8 Å². The van der Waals surface area contributed by atoms with Crippen LogP contribution in [0.4, 0.5) is 5.69 Å². The van der Waals surface area contributed by atoms with Gasteiger partial charge in [-0.05, 0) is 61.6 Å². The van der Waals surface area contributed by atoms with Gasteiger partial charge < -0.3 is 14.4 Å². The third kappa shape index (κ3) is 3.48. The summed E-state index contributed by atoms with van der Waals surface area (Å²) in [7, 11) is 0. The summed E-state index contributed by atoms with van der Waals surface area (Å²) in [4.78, 5) is 17.8. The van der Waals surface area contributed by atoms with Crippen molar-refractivity contribution in [1.29, 1.82) is 0 Å². The van der Waals surface area contributed by atoms with Crippen LogP contribution in [-0.4, -0.2) is 61.9 Å². The molecule has 0 aromatic heterocycles. The van der Waals surface area contributed by atoms with E-state index in [1.165, 1.54) is 24.9 Å². The predicted octanol–water partition coefficient (Wildman–Crippen LogP) is 3.99. The summed E-state index contributed by atoms with van der Waals surface area (Å²) in [5.74, 6) is 1.01. The van der Waals surface area contributed by atoms with Crippen LogP contribution in [0.2, 0.25) is 5.02 Å². The Kier molecular flexibility index (Phi) is 4.82. The van der Waals surface area contributed by atoms with E-state index in [0.717, 1.165) is 57.2 Å². The first kappa shape index (κ1) is 20.3. The molecule has 0 amide bonds. The number of esters is 1. The quantitative estimate of drug-likeness (QED) is 0.521. The molecule has 31 heavy (non-hydrogen) atoms. The fourth-order valence-corrected chi connectivity index (χ4v) is 7.49. The maximum Gasteiger partial charge on any atom is 0.310 e. The Morgan fingerprint density at radius 1 is 1.19 bits per heavy atom. The Morgan fingerprint density at radius 3 is 2.74 bits per heavy atom. The summed E-state index contributed by atoms with van der Waals surface area (Å²) in [5, 5.41) is 0.782. The van der Waals surface area contributed by atoms with Gasteiger partial charge in [0, 0.05) is 49.4 Å². The predicted molar refractivity (Wildman–Crippen MR) is 120 cm³/mol. The van der Waals surface area contributed by atoms with Crippen LogP contribution < -0.4 is 4.90 Å². The van der Waals surface area contributed by atoms with Gasteiger partial charge in [-0.15, -0.1) is 0 Å². The Labute approximate surface area is 190 Å². The van der Waals surface area contributed by atoms with Crippen LogP contribution in [0.15, 0.2) is 24.3 Å². The molecule has 1 aromatic carbocycles. The molecule has 0 bridgehead atoms. The lowest BCUT2D eigenvalue weighted by molar-refractivity contribution is -0.147. The van der Waals surface area contributed by atoms with E-state index >= 15 is 0 Å². The molecule has 0 unspecified atom stereocenters. The van der Waals surface area contributed by atoms with Gasteiger partial charge in [0.15, 0.2) is 0 Å². The van der Waals surface area contributed by atoms with E-state index in [1.807, 2.05) is 18.2 Å². The highest BCUT2D eigenvalue weighted by Crippen LogP contribution is 2.62. The molecule has 168 valence electrons. The summed E-state index contributed by atoms with van der Waals surface area (Å²) < 4.78 is 12.0. The van der Waals surface area contributed by atoms with Gasteiger partial charge in [0.25, 0.3) is 0 Å². The van der Waals surface area contributed by atoms with Crippen molar-refractivity contribution in [3.05, 3.63) is 29.3 Å². The molecule has 5 aliphatic rings. The van der Waals surface area contributed by atoms with E-state index in [9.17, 15) is 4.79 Å². The smallest absolute Gasteiger partial charge is 0.310 e. The molecule has 6 rings (SSSR count). The van der Waals surface area contributed by atoms with Gasteiger partial charge in [-0.2, -0.15) is 0 Å². The number of ether oxygens (including phenoxy) is 2. The molecule has 2 saturated carbocycles. The minimum atomic E-state index is 0.0185. The standard InChI is InChI=1S/C25H33ClN2O3/c1-24-6-3-7-25(16-30-25)22(24)13-19-20(23(29)31-21(19)14-24)15-27-8-10-28(11-9-27)18-5-2-4-17(26)12-18/h2,4-5,12,19-22H,3,6-11,13-16H2,1H3/t19-,20-,21-,22+,24-,25+/m1/s1. The molecular formula is C25H33ClN2O3. The molecule has 1 aromatic rings. The zero-order valence-corrected chi connectivity index (χ0v) is 19.2. The number of carbonyl (C=O) groups is 1. The summed E-state index contributed by atoms with van der Waals surface area (Å²) in [6.07, 6.45) is 5.94. The van der Waals surface area contributed by atoms with Gasteiger partial charge in [-0.1, -0.05) is 24.6 Å². The lowest BCUT2D eigenvalue weighted by Crippen LogP contribution is -2.52. The van der Waals surface area contributed by atoms with E-state index < -0.39 is 0 Å². The van der Waals surface area contributed by atoms with Crippen molar-refractivity contribution in [2.24, 2.45) is 23.2 Å². The minimum absolute atomic E-state index is 0.0185. The molecule has 6 heteroatoms. The summed E-state index contributed by atoms with van der Waals surface area (Å²) >= 11 is 6.17. The van der Waals surface area contributed by atoms with Crippen molar-refractivity contribution in [3.8, 4) is 0 Å². The number of carbonyl (C=O) groups excluding carboxylic acids is 1. The van der Waals surface area contributed by atoms with Crippen LogP contribution in [0.25, 0.3) is 0 Å². The van der Waals surface area contributed by atoms with Crippen LogP contribution in [0, 0.1) is 23.2 Å². The molecular weight excluding hydrogens is 412 g/mol. The van der Waals surface area contributed by atoms with Gasteiger partial charge in [-0.25, -0.2) is 0 Å². The summed E-state index contributed by atoms with van der Waals surface area (Å²) in [5.41, 5.74) is 1.58. The monoisotopic (exact) mass is 444 g/mol. The molecule has 2 aliphatic carbocycles. The van der Waals surface area contributed by atoms with Gasteiger partial charge in [0.2, 0.25) is 0 Å². The molecule has 3 heterocycles. The van der Waals surface area contributed by atoms with Crippen molar-refractivity contribution in [3.63, 3.8) is 0 Å². The van der Waals surface area contributed by atoms with Gasteiger partial charge in [-0.3, -0.25) is 9.69 Å². The number of fused-ring (bicyclic) bond motifs is 3. The number of hydrogen-bond acceptors (Lipinski definition) is 5. The van der Waals surface area contributed by atoms with Crippen molar-refractivity contribution in [1.82, 2.24) is 4.90 Å². The average Bonchev–Trinajstić information content (AvgIpc) is 3.45. The van der Waals surface area contributed by atoms with E-state index in [4.69, 9.17) is 21.1 Å². The second kappa shape index (κ2) is 7.36. The van der Waals surface area contributed by atoms with Crippen molar-refractivity contribution >= 4 is 23.3 Å². The molecule has 0 N–H and O–H groups in total. The molecule has 1 spiro atoms. The number of hydrogen-bond donors (Lipinski definition) is 0. The Balaban J connectivity index is 1.12. The highest BCUT2D eigenvalue weighted by molar-refractivity contribution is 6.30. The zero-order chi connectivity index (χ0) is 21.2. The Bertz CT molecular complexity index is 866. The number of epoxide rings is 1. The lowest BCUT2D eigenvalue weighted by atomic mass is 9.53. The summed E-state index contributed by atoms with van der Waals surface area (Å²) in [6.45, 7) is 8.06. The first-order valence-electron chi connectivity index (χ1n) is 12.0. The number of benzene rings is 1. The van der Waals surface area contributed by atoms with E-state index in [-0.39, 0.29) is 29.0 Å². The molecule has 0 radical (unpaired) electrons. The van der Waals surface area contributed by atoms with Crippen LogP contribution in [-0.2, 0) is 14.3 Å². The molecule has 3 aliphatic heterocycles. The largest absolute Gasteiger partial charge is 0.462 e. The lowest BCUT2D eigenvalue weighted by Gasteiger charge is -2.51. The molecule has 6 atom stereocenters. The summed E-state index contributed by atoms with van der Waals surface area (Å²) in [6, 6.07) is 8.09. The highest BCUT2D eigenvalue weighted by atomic mass is 35.5. The number of rotatable bonds is 3. The van der Waals surface area contributed by atoms with Crippen molar-refractivity contribution in [2.75, 3.05) is 44.2 Å². The SMILES string of the molecule is C[C@]12CCC[C@]3(CO3)[C@H]1C[C@H]1[C@@H](C2)OC(=O)[C@@H]1CN1CCN(c2cccc(Cl)c2)CC1. The Morgan fingerprint density at radius 2 is 2.00 bits per heavy atom. The van der Waals surface area contributed by atoms with E-state index in [1.54, 1.807) is 0 Å². The third-order valence-corrected chi connectivity index (χ3v) is 9.31. The fraction of sp³-hybridized carbons (Fsp3) is 0.720. The average molecular weight is 445 g/mol. The molecule has 3 saturated heterocycles. The topological polar surface area (TPSA) is 45.3 Å². The molecule has 5 fully saturated rings. The van der Waals surface area contributed by atoms with Gasteiger partial charge in [0.05, 0.1) is 18.1 Å². The number of piperazine rings is 1. The van der Waals surface area contributed by atoms with Crippen LogP contribution >= 0.6 is 11.6 Å². The highest BCUT2D eigenvalue weighted by Gasteiger charge is 2.65. The second-order valence-electron chi connectivity index (χ2n) is 10.9. The number of anilines is 1. The second-order valence-corrected chi connectivity index (χ2v) is 11.3. The van der Waals surface area contributed by atoms with Crippen molar-refractivity contribution in [2.45, 2.75) is 50.7 Å². The van der Waals surface area contributed by atoms with Crippen LogP contribution in [0.1, 0.15) is 39.0 Å². The van der Waals surface area contributed by atoms with Gasteiger partial charge in [0.1, 0.15) is 6.10 Å².